The number of ether oxygens (including phenoxy) is 1. The molecule has 2 N–H and O–H groups in total. The standard InChI is InChI=1S/C16H18O2.CH2O3/c1-13-9-10-15(12-13)16(17)18-11-5-8-14-6-3-2-4-7-14;2-1(3)4/h2-8,15H,1,9-12H2;(H2,2,3,4)/t15-;/m0./s1. The third kappa shape index (κ3) is 7.28. The van der Waals surface area contributed by atoms with Crippen LogP contribution in [0.5, 0.6) is 0 Å². The topological polar surface area (TPSA) is 83.8 Å². The van der Waals surface area contributed by atoms with E-state index in [9.17, 15) is 4.79 Å². The summed E-state index contributed by atoms with van der Waals surface area (Å²) in [7, 11) is 0. The van der Waals surface area contributed by atoms with Gasteiger partial charge in [-0.2, -0.15) is 0 Å². The monoisotopic (exact) mass is 304 g/mol. The summed E-state index contributed by atoms with van der Waals surface area (Å²) in [5.74, 6) is -0.0611. The predicted molar refractivity (Wildman–Crippen MR) is 83.6 cm³/mol. The number of benzene rings is 1. The zero-order valence-corrected chi connectivity index (χ0v) is 12.3. The smallest absolute Gasteiger partial charge is 0.461 e. The second kappa shape index (κ2) is 9.39. The van der Waals surface area contributed by atoms with Crippen molar-refractivity contribution in [3.05, 3.63) is 54.1 Å². The summed E-state index contributed by atoms with van der Waals surface area (Å²) < 4.78 is 5.23. The molecule has 2 rings (SSSR count). The summed E-state index contributed by atoms with van der Waals surface area (Å²) in [5.41, 5.74) is 2.28. The summed E-state index contributed by atoms with van der Waals surface area (Å²) in [6, 6.07) is 9.97. The van der Waals surface area contributed by atoms with Gasteiger partial charge in [-0.05, 0) is 30.9 Å². The van der Waals surface area contributed by atoms with Crippen molar-refractivity contribution in [1.29, 1.82) is 0 Å². The number of carboxylic acid groups (broad SMARTS) is 2. The van der Waals surface area contributed by atoms with Crippen molar-refractivity contribution in [3.63, 3.8) is 0 Å². The highest BCUT2D eigenvalue weighted by atomic mass is 16.6. The SMILES string of the molecule is C=C1CC[C@H](C(=O)OCC=Cc2ccccc2)C1.O=C(O)O. The first-order valence-corrected chi connectivity index (χ1v) is 6.96. The maximum Gasteiger partial charge on any atom is 0.503 e. The zero-order valence-electron chi connectivity index (χ0n) is 12.3. The van der Waals surface area contributed by atoms with Crippen LogP contribution in [-0.2, 0) is 9.53 Å². The van der Waals surface area contributed by atoms with Crippen LogP contribution >= 0.6 is 0 Å². The molecule has 1 aliphatic rings. The second-order valence-corrected chi connectivity index (χ2v) is 4.92. The van der Waals surface area contributed by atoms with Crippen molar-refractivity contribution in [2.24, 2.45) is 5.92 Å². The van der Waals surface area contributed by atoms with E-state index >= 15 is 0 Å². The molecule has 0 bridgehead atoms. The minimum atomic E-state index is -1.83. The summed E-state index contributed by atoms with van der Waals surface area (Å²) in [5, 5.41) is 13.9. The van der Waals surface area contributed by atoms with Gasteiger partial charge < -0.3 is 14.9 Å². The number of rotatable bonds is 4. The second-order valence-electron chi connectivity index (χ2n) is 4.92. The lowest BCUT2D eigenvalue weighted by molar-refractivity contribution is -0.146. The van der Waals surface area contributed by atoms with Crippen molar-refractivity contribution < 1.29 is 24.5 Å². The van der Waals surface area contributed by atoms with E-state index in [4.69, 9.17) is 19.7 Å². The number of carbonyl (C=O) groups excluding carboxylic acids is 1. The molecule has 0 unspecified atom stereocenters. The third-order valence-corrected chi connectivity index (χ3v) is 3.15. The van der Waals surface area contributed by atoms with E-state index in [2.05, 4.69) is 6.58 Å². The minimum Gasteiger partial charge on any atom is -0.461 e. The Morgan fingerprint density at radius 3 is 2.45 bits per heavy atom. The molecule has 22 heavy (non-hydrogen) atoms. The van der Waals surface area contributed by atoms with Crippen molar-refractivity contribution >= 4 is 18.2 Å². The van der Waals surface area contributed by atoms with Gasteiger partial charge in [0.05, 0.1) is 5.92 Å². The van der Waals surface area contributed by atoms with Crippen molar-refractivity contribution in [3.8, 4) is 0 Å². The normalized spacial score (nSPS) is 16.9. The van der Waals surface area contributed by atoms with Crippen LogP contribution in [0.4, 0.5) is 4.79 Å². The van der Waals surface area contributed by atoms with Gasteiger partial charge >= 0.3 is 12.1 Å². The molecule has 0 saturated heterocycles. The van der Waals surface area contributed by atoms with E-state index in [1.165, 1.54) is 0 Å². The van der Waals surface area contributed by atoms with Crippen LogP contribution < -0.4 is 0 Å². The summed E-state index contributed by atoms with van der Waals surface area (Å²) >= 11 is 0. The van der Waals surface area contributed by atoms with E-state index in [-0.39, 0.29) is 11.9 Å². The quantitative estimate of drug-likeness (QED) is 0.652. The maximum absolute atomic E-state index is 11.7. The Hall–Kier alpha value is -2.56. The molecule has 0 aliphatic heterocycles. The molecule has 118 valence electrons. The Kier molecular flexibility index (Phi) is 7.47. The molecule has 0 aromatic heterocycles. The van der Waals surface area contributed by atoms with Crippen molar-refractivity contribution in [2.45, 2.75) is 19.3 Å². The molecule has 1 fully saturated rings. The molecule has 0 amide bonds. The molecule has 1 saturated carbocycles. The van der Waals surface area contributed by atoms with Crippen LogP contribution in [0.2, 0.25) is 0 Å². The first-order valence-electron chi connectivity index (χ1n) is 6.96. The van der Waals surface area contributed by atoms with Crippen LogP contribution in [-0.4, -0.2) is 28.9 Å². The first kappa shape index (κ1) is 17.5. The number of esters is 1. The average molecular weight is 304 g/mol. The molecule has 1 atom stereocenters. The molecule has 0 heterocycles. The molecule has 1 aromatic carbocycles. The summed E-state index contributed by atoms with van der Waals surface area (Å²) in [6.45, 7) is 4.25. The number of hydrogen-bond donors (Lipinski definition) is 2. The van der Waals surface area contributed by atoms with Gasteiger partial charge in [0.2, 0.25) is 0 Å². The van der Waals surface area contributed by atoms with Crippen molar-refractivity contribution in [1.82, 2.24) is 0 Å². The van der Waals surface area contributed by atoms with E-state index in [0.29, 0.717) is 6.61 Å². The van der Waals surface area contributed by atoms with Gasteiger partial charge in [-0.1, -0.05) is 48.6 Å². The number of hydrogen-bond acceptors (Lipinski definition) is 3. The predicted octanol–water partition coefficient (Wildman–Crippen LogP) is 3.82. The fourth-order valence-electron chi connectivity index (χ4n) is 2.13. The van der Waals surface area contributed by atoms with Gasteiger partial charge in [0, 0.05) is 0 Å². The van der Waals surface area contributed by atoms with Crippen LogP contribution in [0.3, 0.4) is 0 Å². The van der Waals surface area contributed by atoms with Crippen LogP contribution in [0.1, 0.15) is 24.8 Å². The largest absolute Gasteiger partial charge is 0.503 e. The van der Waals surface area contributed by atoms with Gasteiger partial charge in [-0.15, -0.1) is 0 Å². The Morgan fingerprint density at radius 2 is 1.91 bits per heavy atom. The fourth-order valence-corrected chi connectivity index (χ4v) is 2.13. The van der Waals surface area contributed by atoms with Crippen LogP contribution in [0.25, 0.3) is 6.08 Å². The van der Waals surface area contributed by atoms with Gasteiger partial charge in [-0.25, -0.2) is 4.79 Å². The molecular formula is C17H20O5. The molecule has 5 nitrogen and oxygen atoms in total. The molecule has 5 heteroatoms. The van der Waals surface area contributed by atoms with Gasteiger partial charge in [-0.3, -0.25) is 4.79 Å². The lowest BCUT2D eigenvalue weighted by Crippen LogP contribution is -2.14. The van der Waals surface area contributed by atoms with E-state index in [1.54, 1.807) is 0 Å². The average Bonchev–Trinajstić information content (AvgIpc) is 2.91. The van der Waals surface area contributed by atoms with Crippen LogP contribution in [0.15, 0.2) is 48.6 Å². The molecule has 0 spiro atoms. The Balaban J connectivity index is 0.000000541. The molecule has 1 aromatic rings. The highest BCUT2D eigenvalue weighted by Crippen LogP contribution is 2.29. The summed E-state index contributed by atoms with van der Waals surface area (Å²) in [4.78, 5) is 20.3. The highest BCUT2D eigenvalue weighted by Gasteiger charge is 2.25. The van der Waals surface area contributed by atoms with Gasteiger partial charge in [0.1, 0.15) is 6.61 Å². The molecule has 0 radical (unpaired) electrons. The summed E-state index contributed by atoms with van der Waals surface area (Å²) in [6.07, 6.45) is 4.64. The Labute approximate surface area is 129 Å². The molecule has 1 aliphatic carbocycles. The fraction of sp³-hybridized carbons (Fsp3) is 0.294. The van der Waals surface area contributed by atoms with E-state index in [0.717, 1.165) is 30.4 Å². The van der Waals surface area contributed by atoms with E-state index < -0.39 is 6.16 Å². The van der Waals surface area contributed by atoms with E-state index in [1.807, 2.05) is 42.5 Å². The van der Waals surface area contributed by atoms with Crippen LogP contribution in [0, 0.1) is 5.92 Å². The lowest BCUT2D eigenvalue weighted by atomic mass is 10.1. The van der Waals surface area contributed by atoms with Crippen molar-refractivity contribution in [2.75, 3.05) is 6.61 Å². The number of carbonyl (C=O) groups is 2. The Morgan fingerprint density at radius 1 is 1.27 bits per heavy atom. The number of allylic oxidation sites excluding steroid dienone is 1. The van der Waals surface area contributed by atoms with Gasteiger partial charge in [0.25, 0.3) is 0 Å². The van der Waals surface area contributed by atoms with Gasteiger partial charge in [0.15, 0.2) is 0 Å². The zero-order chi connectivity index (χ0) is 16.4. The third-order valence-electron chi connectivity index (χ3n) is 3.15. The first-order chi connectivity index (χ1) is 10.5. The lowest BCUT2D eigenvalue weighted by Gasteiger charge is -2.07. The highest BCUT2D eigenvalue weighted by molar-refractivity contribution is 5.73. The Bertz CT molecular complexity index is 529. The minimum absolute atomic E-state index is 0.0302. The maximum atomic E-state index is 11.7. The molecular weight excluding hydrogens is 284 g/mol.